The number of para-hydroxylation sites is 1. The van der Waals surface area contributed by atoms with Crippen molar-refractivity contribution in [1.82, 2.24) is 9.88 Å². The molecule has 1 spiro atoms. The van der Waals surface area contributed by atoms with Gasteiger partial charge < -0.3 is 14.9 Å². The number of nitrogens with zero attached hydrogens (tertiary/aromatic N) is 3. The molecule has 1 aromatic carbocycles. The summed E-state index contributed by atoms with van der Waals surface area (Å²) in [6.45, 7) is 2.62. The highest BCUT2D eigenvalue weighted by atomic mass is 16.3. The molecule has 1 atom stereocenters. The first kappa shape index (κ1) is 17.9. The quantitative estimate of drug-likeness (QED) is 0.869. The number of carbonyl (C=O) groups excluding carboxylic acids is 1. The van der Waals surface area contributed by atoms with Gasteiger partial charge in [0.25, 0.3) is 0 Å². The van der Waals surface area contributed by atoms with E-state index in [0.29, 0.717) is 11.9 Å². The van der Waals surface area contributed by atoms with Crippen LogP contribution in [0.3, 0.4) is 0 Å². The van der Waals surface area contributed by atoms with E-state index in [-0.39, 0.29) is 11.5 Å². The summed E-state index contributed by atoms with van der Waals surface area (Å²) < 4.78 is 0. The molecule has 0 unspecified atom stereocenters. The lowest BCUT2D eigenvalue weighted by Gasteiger charge is -2.41. The van der Waals surface area contributed by atoms with Crippen molar-refractivity contribution in [1.29, 1.82) is 0 Å². The van der Waals surface area contributed by atoms with Gasteiger partial charge in [0, 0.05) is 31.1 Å². The van der Waals surface area contributed by atoms with Gasteiger partial charge in [-0.05, 0) is 63.1 Å². The Morgan fingerprint density at radius 1 is 1.00 bits per heavy atom. The third-order valence-electron chi connectivity index (χ3n) is 7.14. The second-order valence-corrected chi connectivity index (χ2v) is 8.88. The van der Waals surface area contributed by atoms with Crippen molar-refractivity contribution in [3.8, 4) is 0 Å². The number of rotatable bonds is 2. The van der Waals surface area contributed by atoms with Crippen LogP contribution in [-0.2, 0) is 4.79 Å². The van der Waals surface area contributed by atoms with Crippen molar-refractivity contribution in [2.75, 3.05) is 24.5 Å². The van der Waals surface area contributed by atoms with Crippen LogP contribution in [0.2, 0.25) is 0 Å². The molecular formula is C23H29N3O2. The molecule has 3 heterocycles. The SMILES string of the molecule is O=C1N([C@H]2CC[C@H](O)CC2)CC[C@]12CCCN(c1ccc3ccccc3n1)C2. The molecule has 1 aliphatic carbocycles. The average molecular weight is 380 g/mol. The van der Waals surface area contributed by atoms with Gasteiger partial charge in [0.05, 0.1) is 17.0 Å². The predicted molar refractivity (Wildman–Crippen MR) is 110 cm³/mol. The largest absolute Gasteiger partial charge is 0.393 e. The molecule has 5 nitrogen and oxygen atoms in total. The van der Waals surface area contributed by atoms with Crippen LogP contribution in [-0.4, -0.2) is 52.7 Å². The number of hydrogen-bond acceptors (Lipinski definition) is 4. The fraction of sp³-hybridized carbons (Fsp3) is 0.565. The van der Waals surface area contributed by atoms with Crippen molar-refractivity contribution < 1.29 is 9.90 Å². The molecule has 5 heteroatoms. The number of piperidine rings is 1. The number of benzene rings is 1. The van der Waals surface area contributed by atoms with Crippen LogP contribution in [0.5, 0.6) is 0 Å². The number of aromatic nitrogens is 1. The van der Waals surface area contributed by atoms with Crippen molar-refractivity contribution in [3.63, 3.8) is 0 Å². The Morgan fingerprint density at radius 3 is 2.68 bits per heavy atom. The highest BCUT2D eigenvalue weighted by Gasteiger charge is 2.50. The molecule has 28 heavy (non-hydrogen) atoms. The summed E-state index contributed by atoms with van der Waals surface area (Å²) in [7, 11) is 0. The lowest BCUT2D eigenvalue weighted by molar-refractivity contribution is -0.139. The molecular weight excluding hydrogens is 350 g/mol. The maximum Gasteiger partial charge on any atom is 0.230 e. The summed E-state index contributed by atoms with van der Waals surface area (Å²) in [6.07, 6.45) is 6.35. The summed E-state index contributed by atoms with van der Waals surface area (Å²) in [5, 5.41) is 11.0. The first-order chi connectivity index (χ1) is 13.6. The molecule has 3 aliphatic rings. The molecule has 0 radical (unpaired) electrons. The number of pyridine rings is 1. The monoisotopic (exact) mass is 379 g/mol. The molecule has 3 fully saturated rings. The highest BCUT2D eigenvalue weighted by Crippen LogP contribution is 2.43. The Bertz CT molecular complexity index is 877. The molecule has 2 saturated heterocycles. The number of amides is 1. The van der Waals surface area contributed by atoms with E-state index >= 15 is 0 Å². The molecule has 2 aliphatic heterocycles. The van der Waals surface area contributed by atoms with Gasteiger partial charge in [0.1, 0.15) is 5.82 Å². The van der Waals surface area contributed by atoms with Gasteiger partial charge >= 0.3 is 0 Å². The smallest absolute Gasteiger partial charge is 0.230 e. The topological polar surface area (TPSA) is 56.7 Å². The van der Waals surface area contributed by atoms with Gasteiger partial charge in [-0.1, -0.05) is 18.2 Å². The third kappa shape index (κ3) is 3.06. The Morgan fingerprint density at radius 2 is 1.82 bits per heavy atom. The molecule has 1 N–H and O–H groups in total. The number of fused-ring (bicyclic) bond motifs is 1. The minimum atomic E-state index is -0.248. The van der Waals surface area contributed by atoms with Crippen molar-refractivity contribution in [2.45, 2.75) is 57.1 Å². The number of hydrogen-bond donors (Lipinski definition) is 1. The van der Waals surface area contributed by atoms with Crippen LogP contribution in [0, 0.1) is 5.41 Å². The fourth-order valence-corrected chi connectivity index (χ4v) is 5.50. The van der Waals surface area contributed by atoms with Crippen LogP contribution in [0.25, 0.3) is 10.9 Å². The standard InChI is InChI=1S/C23H29N3O2/c27-19-9-7-18(8-10-19)26-15-13-23(22(26)28)12-3-14-25(16-23)21-11-6-17-4-1-2-5-20(17)24-21/h1-2,4-6,11,18-19,27H,3,7-10,12-16H2/t18-,19-,23-/m0/s1. The Labute approximate surface area is 166 Å². The molecule has 1 saturated carbocycles. The minimum Gasteiger partial charge on any atom is -0.393 e. The molecule has 2 aromatic rings. The van der Waals surface area contributed by atoms with E-state index < -0.39 is 0 Å². The van der Waals surface area contributed by atoms with E-state index in [1.807, 2.05) is 12.1 Å². The average Bonchev–Trinajstić information content (AvgIpc) is 3.04. The zero-order valence-corrected chi connectivity index (χ0v) is 16.4. The summed E-state index contributed by atoms with van der Waals surface area (Å²) >= 11 is 0. The van der Waals surface area contributed by atoms with Gasteiger partial charge in [0.2, 0.25) is 5.91 Å². The molecule has 148 valence electrons. The van der Waals surface area contributed by atoms with Crippen LogP contribution in [0.15, 0.2) is 36.4 Å². The molecule has 0 bridgehead atoms. The second-order valence-electron chi connectivity index (χ2n) is 8.88. The number of carbonyl (C=O) groups is 1. The van der Waals surface area contributed by atoms with Gasteiger partial charge in [0.15, 0.2) is 0 Å². The first-order valence-electron chi connectivity index (χ1n) is 10.7. The van der Waals surface area contributed by atoms with Crippen molar-refractivity contribution in [2.24, 2.45) is 5.41 Å². The number of anilines is 1. The summed E-state index contributed by atoms with van der Waals surface area (Å²) in [5.74, 6) is 1.34. The highest BCUT2D eigenvalue weighted by molar-refractivity contribution is 5.86. The second kappa shape index (κ2) is 7.03. The molecule has 1 amide bonds. The van der Waals surface area contributed by atoms with E-state index in [9.17, 15) is 9.90 Å². The summed E-state index contributed by atoms with van der Waals surface area (Å²) in [6, 6.07) is 12.8. The number of aliphatic hydroxyl groups excluding tert-OH is 1. The summed E-state index contributed by atoms with van der Waals surface area (Å²) in [4.78, 5) is 22.8. The van der Waals surface area contributed by atoms with Gasteiger partial charge in [-0.2, -0.15) is 0 Å². The van der Waals surface area contributed by atoms with Crippen molar-refractivity contribution in [3.05, 3.63) is 36.4 Å². The molecule has 5 rings (SSSR count). The fourth-order valence-electron chi connectivity index (χ4n) is 5.50. The Kier molecular flexibility index (Phi) is 4.50. The van der Waals surface area contributed by atoms with E-state index in [1.54, 1.807) is 0 Å². The molecule has 1 aromatic heterocycles. The predicted octanol–water partition coefficient (Wildman–Crippen LogP) is 3.36. The number of likely N-dealkylation sites (tertiary alicyclic amines) is 1. The van der Waals surface area contributed by atoms with Crippen LogP contribution < -0.4 is 4.90 Å². The lowest BCUT2D eigenvalue weighted by Crippen LogP contribution is -2.50. The van der Waals surface area contributed by atoms with Crippen LogP contribution in [0.1, 0.15) is 44.9 Å². The maximum atomic E-state index is 13.5. The third-order valence-corrected chi connectivity index (χ3v) is 7.14. The maximum absolute atomic E-state index is 13.5. The zero-order chi connectivity index (χ0) is 19.1. The van der Waals surface area contributed by atoms with Gasteiger partial charge in [-0.25, -0.2) is 4.98 Å². The normalized spacial score (nSPS) is 31.1. The Hall–Kier alpha value is -2.14. The van der Waals surface area contributed by atoms with E-state index in [2.05, 4.69) is 34.1 Å². The van der Waals surface area contributed by atoms with Gasteiger partial charge in [-0.15, -0.1) is 0 Å². The minimum absolute atomic E-state index is 0.174. The van der Waals surface area contributed by atoms with Gasteiger partial charge in [-0.3, -0.25) is 4.79 Å². The Balaban J connectivity index is 1.35. The van der Waals surface area contributed by atoms with E-state index in [4.69, 9.17) is 4.98 Å². The van der Waals surface area contributed by atoms with Crippen molar-refractivity contribution >= 4 is 22.6 Å². The van der Waals surface area contributed by atoms with E-state index in [1.165, 1.54) is 0 Å². The zero-order valence-electron chi connectivity index (χ0n) is 16.4. The first-order valence-corrected chi connectivity index (χ1v) is 10.7. The van der Waals surface area contributed by atoms with Crippen LogP contribution >= 0.6 is 0 Å². The lowest BCUT2D eigenvalue weighted by atomic mass is 9.78. The summed E-state index contributed by atoms with van der Waals surface area (Å²) in [5.41, 5.74) is 0.765. The number of aliphatic hydroxyl groups is 1. The van der Waals surface area contributed by atoms with E-state index in [0.717, 1.165) is 81.3 Å². The van der Waals surface area contributed by atoms with Crippen LogP contribution in [0.4, 0.5) is 5.82 Å².